The summed E-state index contributed by atoms with van der Waals surface area (Å²) in [4.78, 5) is 20.4. The average molecular weight is 685 g/mol. The quantitative estimate of drug-likeness (QED) is 0.302. The van der Waals surface area contributed by atoms with E-state index in [9.17, 15) is 0 Å². The number of hydrogen-bond acceptors (Lipinski definition) is 4. The summed E-state index contributed by atoms with van der Waals surface area (Å²) in [6.45, 7) is 27.6. The molecule has 0 amide bonds. The van der Waals surface area contributed by atoms with Gasteiger partial charge in [0.05, 0.1) is 45.6 Å². The zero-order valence-corrected chi connectivity index (χ0v) is 33.0. The number of rotatable bonds is 2. The first-order valence-corrected chi connectivity index (χ1v) is 18.5. The molecule has 0 saturated heterocycles. The fraction of sp³-hybridized carbons (Fsp3) is 0.333. The number of nitrogens with zero attached hydrogens (tertiary/aromatic N) is 4. The van der Waals surface area contributed by atoms with Crippen LogP contribution in [-0.2, 0) is 21.7 Å². The molecule has 0 spiro atoms. The maximum atomic E-state index is 5.51. The van der Waals surface area contributed by atoms with Crippen LogP contribution in [0.3, 0.4) is 0 Å². The summed E-state index contributed by atoms with van der Waals surface area (Å²) in [5, 5.41) is 0. The molecule has 5 aliphatic rings. The molecular weight excluding hydrogens is 633 g/mol. The van der Waals surface area contributed by atoms with Crippen molar-refractivity contribution in [2.75, 3.05) is 0 Å². The van der Waals surface area contributed by atoms with Gasteiger partial charge in [-0.2, -0.15) is 0 Å². The molecule has 0 radical (unpaired) electrons. The van der Waals surface area contributed by atoms with E-state index in [0.29, 0.717) is 0 Å². The lowest BCUT2D eigenvalue weighted by atomic mass is 9.76. The Morgan fingerprint density at radius 1 is 0.346 bits per heavy atom. The molecule has 2 aromatic carbocycles. The van der Waals surface area contributed by atoms with E-state index in [0.717, 1.165) is 67.9 Å². The van der Waals surface area contributed by atoms with Gasteiger partial charge in [-0.05, 0) is 116 Å². The summed E-state index contributed by atoms with van der Waals surface area (Å²) in [6, 6.07) is 14.3. The van der Waals surface area contributed by atoms with Crippen molar-refractivity contribution in [2.24, 2.45) is 20.0 Å². The Hall–Kier alpha value is -4.96. The van der Waals surface area contributed by atoms with Crippen LogP contribution >= 0.6 is 0 Å². The summed E-state index contributed by atoms with van der Waals surface area (Å²) in [5.41, 5.74) is 16.6. The molecule has 0 aliphatic carbocycles. The first-order chi connectivity index (χ1) is 24.2. The number of hydrogen-bond donors (Lipinski definition) is 0. The SMILES string of the molecule is CC(C)(C)c1cc(C2=C(c3cc(C(C)(C)C)cc(C(C)(C)C)c3)C3=NC2=CC2=NC(=CC4=NC(=CC5=NC(=C3)C=C5)C=C4)C=C2)cc(C(C)(C)C)c1. The molecule has 4 heteroatoms. The summed E-state index contributed by atoms with van der Waals surface area (Å²) in [6.07, 6.45) is 20.7. The lowest BCUT2D eigenvalue weighted by Gasteiger charge is -2.28. The standard InChI is InChI=1S/C48H52N4/c1-45(2,3)31-19-29(20-32(23-31)46(4,5)6)43-41-27-39-17-15-37(50-39)25-35-13-14-36(49-35)26-38-16-18-40(51-38)28-42(52-41)44(43)30-21-33(47(7,8)9)24-34(22-30)48(10,11)12/h13-28H,1-12H3. The van der Waals surface area contributed by atoms with Crippen molar-refractivity contribution >= 4 is 34.0 Å². The van der Waals surface area contributed by atoms with Gasteiger partial charge in [-0.3, -0.25) is 0 Å². The van der Waals surface area contributed by atoms with E-state index >= 15 is 0 Å². The van der Waals surface area contributed by atoms with Gasteiger partial charge in [0.2, 0.25) is 0 Å². The molecule has 0 N–H and O–H groups in total. The smallest absolute Gasteiger partial charge is 0.0744 e. The Balaban J connectivity index is 1.60. The minimum Gasteiger partial charge on any atom is -0.249 e. The van der Waals surface area contributed by atoms with Gasteiger partial charge >= 0.3 is 0 Å². The zero-order chi connectivity index (χ0) is 37.4. The fourth-order valence-electron chi connectivity index (χ4n) is 6.82. The van der Waals surface area contributed by atoms with Crippen LogP contribution in [0.5, 0.6) is 0 Å². The van der Waals surface area contributed by atoms with Crippen LogP contribution in [0, 0.1) is 0 Å². The highest BCUT2D eigenvalue weighted by Crippen LogP contribution is 2.45. The number of allylic oxidation sites excluding steroid dienone is 12. The van der Waals surface area contributed by atoms with Crippen molar-refractivity contribution in [2.45, 2.75) is 105 Å². The largest absolute Gasteiger partial charge is 0.249 e. The molecule has 0 unspecified atom stereocenters. The van der Waals surface area contributed by atoms with E-state index in [2.05, 4.69) is 156 Å². The fourth-order valence-corrected chi connectivity index (χ4v) is 6.82. The number of fused-ring (bicyclic) bond motifs is 4. The first-order valence-electron chi connectivity index (χ1n) is 18.5. The minimum atomic E-state index is -0.0501. The second-order valence-electron chi connectivity index (χ2n) is 18.7. The first kappa shape index (κ1) is 35.4. The number of benzene rings is 2. The Kier molecular flexibility index (Phi) is 8.40. The molecular formula is C48H52N4. The summed E-state index contributed by atoms with van der Waals surface area (Å²) in [5.74, 6) is 0. The maximum absolute atomic E-state index is 5.51. The van der Waals surface area contributed by atoms with E-state index in [-0.39, 0.29) is 21.7 Å². The lowest BCUT2D eigenvalue weighted by Crippen LogP contribution is -2.18. The van der Waals surface area contributed by atoms with Crippen LogP contribution in [0.1, 0.15) is 116 Å². The van der Waals surface area contributed by atoms with Gasteiger partial charge in [0, 0.05) is 11.1 Å². The summed E-state index contributed by atoms with van der Waals surface area (Å²) in [7, 11) is 0. The normalized spacial score (nSPS) is 18.6. The third-order valence-corrected chi connectivity index (χ3v) is 10.1. The molecule has 52 heavy (non-hydrogen) atoms. The molecule has 2 aromatic rings. The van der Waals surface area contributed by atoms with E-state index in [1.165, 1.54) is 22.3 Å². The van der Waals surface area contributed by atoms with Crippen LogP contribution in [0.15, 0.2) is 140 Å². The Morgan fingerprint density at radius 3 is 1.08 bits per heavy atom. The van der Waals surface area contributed by atoms with E-state index < -0.39 is 0 Å². The molecule has 0 saturated carbocycles. The van der Waals surface area contributed by atoms with Crippen LogP contribution in [0.2, 0.25) is 0 Å². The molecule has 0 fully saturated rings. The molecule has 4 nitrogen and oxygen atoms in total. The lowest BCUT2D eigenvalue weighted by molar-refractivity contribution is 0.567. The molecule has 5 aliphatic heterocycles. The van der Waals surface area contributed by atoms with Crippen molar-refractivity contribution < 1.29 is 0 Å². The summed E-state index contributed by atoms with van der Waals surface area (Å²) >= 11 is 0. The maximum Gasteiger partial charge on any atom is 0.0744 e. The van der Waals surface area contributed by atoms with Crippen LogP contribution in [0.4, 0.5) is 0 Å². The van der Waals surface area contributed by atoms with Gasteiger partial charge in [0.25, 0.3) is 0 Å². The van der Waals surface area contributed by atoms with Crippen LogP contribution in [0.25, 0.3) is 11.1 Å². The van der Waals surface area contributed by atoms with Gasteiger partial charge in [-0.15, -0.1) is 0 Å². The highest BCUT2D eigenvalue weighted by Gasteiger charge is 2.31. The highest BCUT2D eigenvalue weighted by atomic mass is 14.8. The van der Waals surface area contributed by atoms with Crippen LogP contribution < -0.4 is 0 Å². The Labute approximate surface area is 311 Å². The average Bonchev–Trinajstić information content (AvgIpc) is 3.84. The molecule has 0 atom stereocenters. The van der Waals surface area contributed by atoms with Gasteiger partial charge < -0.3 is 0 Å². The number of aliphatic imine (C=N–C) groups is 4. The second kappa shape index (κ2) is 12.3. The van der Waals surface area contributed by atoms with Gasteiger partial charge in [-0.1, -0.05) is 119 Å². The van der Waals surface area contributed by atoms with Gasteiger partial charge in [0.15, 0.2) is 0 Å². The minimum absolute atomic E-state index is 0.0501. The third-order valence-electron chi connectivity index (χ3n) is 10.1. The summed E-state index contributed by atoms with van der Waals surface area (Å²) < 4.78 is 0. The van der Waals surface area contributed by atoms with Gasteiger partial charge in [0.1, 0.15) is 0 Å². The topological polar surface area (TPSA) is 49.4 Å². The molecule has 0 aromatic heterocycles. The zero-order valence-electron chi connectivity index (χ0n) is 33.0. The van der Waals surface area contributed by atoms with E-state index in [1.807, 2.05) is 24.3 Å². The monoisotopic (exact) mass is 684 g/mol. The van der Waals surface area contributed by atoms with Gasteiger partial charge in [-0.25, -0.2) is 20.0 Å². The molecule has 7 rings (SSSR count). The second-order valence-corrected chi connectivity index (χ2v) is 18.7. The van der Waals surface area contributed by atoms with E-state index in [4.69, 9.17) is 20.0 Å². The highest BCUT2D eigenvalue weighted by molar-refractivity contribution is 6.40. The van der Waals surface area contributed by atoms with Crippen molar-refractivity contribution in [3.8, 4) is 0 Å². The van der Waals surface area contributed by atoms with Crippen LogP contribution in [-0.4, -0.2) is 22.8 Å². The van der Waals surface area contributed by atoms with E-state index in [1.54, 1.807) is 0 Å². The Morgan fingerprint density at radius 2 is 0.692 bits per heavy atom. The van der Waals surface area contributed by atoms with Crippen molar-refractivity contribution in [3.05, 3.63) is 153 Å². The predicted molar refractivity (Wildman–Crippen MR) is 224 cm³/mol. The third kappa shape index (κ3) is 7.21. The Bertz CT molecular complexity index is 2220. The van der Waals surface area contributed by atoms with Crippen molar-refractivity contribution in [1.82, 2.24) is 0 Å². The molecule has 5 heterocycles. The predicted octanol–water partition coefficient (Wildman–Crippen LogP) is 11.8. The molecule has 264 valence electrons. The molecule has 8 bridgehead atoms. The van der Waals surface area contributed by atoms with Crippen molar-refractivity contribution in [1.29, 1.82) is 0 Å². The van der Waals surface area contributed by atoms with Crippen molar-refractivity contribution in [3.63, 3.8) is 0 Å².